The van der Waals surface area contributed by atoms with Crippen LogP contribution in [0.25, 0.3) is 0 Å². The summed E-state index contributed by atoms with van der Waals surface area (Å²) < 4.78 is 4.86. The van der Waals surface area contributed by atoms with E-state index >= 15 is 0 Å². The third kappa shape index (κ3) is 3.56. The molecule has 0 saturated carbocycles. The number of aromatic nitrogens is 2. The van der Waals surface area contributed by atoms with Crippen molar-refractivity contribution in [2.75, 3.05) is 0 Å². The predicted octanol–water partition coefficient (Wildman–Crippen LogP) is 1.89. The van der Waals surface area contributed by atoms with Crippen molar-refractivity contribution in [3.8, 4) is 0 Å². The van der Waals surface area contributed by atoms with Crippen molar-refractivity contribution in [1.82, 2.24) is 15.5 Å². The Kier molecular flexibility index (Phi) is 3.94. The van der Waals surface area contributed by atoms with Crippen LogP contribution in [0.5, 0.6) is 0 Å². The van der Waals surface area contributed by atoms with Gasteiger partial charge in [-0.15, -0.1) is 0 Å². The van der Waals surface area contributed by atoms with Gasteiger partial charge >= 0.3 is 0 Å². The normalized spacial score (nSPS) is 10.3. The fourth-order valence-corrected chi connectivity index (χ4v) is 1.54. The molecule has 6 heteroatoms. The lowest BCUT2D eigenvalue weighted by Crippen LogP contribution is -2.24. The van der Waals surface area contributed by atoms with E-state index < -0.39 is 0 Å². The summed E-state index contributed by atoms with van der Waals surface area (Å²) in [6, 6.07) is 7.29. The van der Waals surface area contributed by atoms with E-state index in [1.165, 1.54) is 0 Å². The molecular weight excluding hydrogens is 254 g/mol. The SMILES string of the molecule is Cc1noc(CC(=O)NCc2ccc(Cl)cc2)n1. The van der Waals surface area contributed by atoms with E-state index in [-0.39, 0.29) is 12.3 Å². The van der Waals surface area contributed by atoms with Gasteiger partial charge in [0.1, 0.15) is 6.42 Å². The minimum absolute atomic E-state index is 0.0917. The molecule has 1 heterocycles. The Balaban J connectivity index is 1.83. The maximum Gasteiger partial charge on any atom is 0.236 e. The fraction of sp³-hybridized carbons (Fsp3) is 0.250. The van der Waals surface area contributed by atoms with Gasteiger partial charge in [-0.3, -0.25) is 4.79 Å². The summed E-state index contributed by atoms with van der Waals surface area (Å²) in [4.78, 5) is 15.6. The van der Waals surface area contributed by atoms with E-state index in [4.69, 9.17) is 16.1 Å². The summed E-state index contributed by atoms with van der Waals surface area (Å²) in [5.41, 5.74) is 0.981. The summed E-state index contributed by atoms with van der Waals surface area (Å²) in [5, 5.41) is 7.06. The number of nitrogens with zero attached hydrogens (tertiary/aromatic N) is 2. The number of benzene rings is 1. The topological polar surface area (TPSA) is 68.0 Å². The monoisotopic (exact) mass is 265 g/mol. The molecule has 0 aliphatic carbocycles. The molecule has 5 nitrogen and oxygen atoms in total. The quantitative estimate of drug-likeness (QED) is 0.917. The molecule has 94 valence electrons. The van der Waals surface area contributed by atoms with Crippen LogP contribution in [0, 0.1) is 6.92 Å². The maximum absolute atomic E-state index is 11.6. The Morgan fingerprint density at radius 3 is 2.72 bits per heavy atom. The molecule has 1 amide bonds. The molecule has 1 aromatic heterocycles. The van der Waals surface area contributed by atoms with E-state index in [0.717, 1.165) is 5.56 Å². The van der Waals surface area contributed by atoms with Gasteiger partial charge in [-0.25, -0.2) is 0 Å². The van der Waals surface area contributed by atoms with E-state index in [1.54, 1.807) is 19.1 Å². The second kappa shape index (κ2) is 5.64. The highest BCUT2D eigenvalue weighted by Crippen LogP contribution is 2.09. The average Bonchev–Trinajstić information content (AvgIpc) is 2.74. The van der Waals surface area contributed by atoms with Crippen LogP contribution in [0.1, 0.15) is 17.3 Å². The molecule has 1 N–H and O–H groups in total. The first-order valence-electron chi connectivity index (χ1n) is 5.44. The van der Waals surface area contributed by atoms with Crippen molar-refractivity contribution >= 4 is 17.5 Å². The number of carbonyl (C=O) groups is 1. The maximum atomic E-state index is 11.6. The minimum atomic E-state index is -0.159. The van der Waals surface area contributed by atoms with Crippen LogP contribution in [0.15, 0.2) is 28.8 Å². The van der Waals surface area contributed by atoms with Crippen LogP contribution in [-0.2, 0) is 17.8 Å². The fourth-order valence-electron chi connectivity index (χ4n) is 1.41. The number of amides is 1. The number of halogens is 1. The van der Waals surface area contributed by atoms with Crippen LogP contribution in [0.3, 0.4) is 0 Å². The number of carbonyl (C=O) groups excluding carboxylic acids is 1. The van der Waals surface area contributed by atoms with Gasteiger partial charge in [0, 0.05) is 11.6 Å². The van der Waals surface area contributed by atoms with E-state index in [0.29, 0.717) is 23.3 Å². The van der Waals surface area contributed by atoms with Crippen LogP contribution < -0.4 is 5.32 Å². The Hall–Kier alpha value is -1.88. The molecule has 0 unspecified atom stereocenters. The highest BCUT2D eigenvalue weighted by molar-refractivity contribution is 6.30. The van der Waals surface area contributed by atoms with Gasteiger partial charge in [0.15, 0.2) is 5.82 Å². The van der Waals surface area contributed by atoms with Gasteiger partial charge < -0.3 is 9.84 Å². The van der Waals surface area contributed by atoms with Crippen LogP contribution in [-0.4, -0.2) is 16.0 Å². The van der Waals surface area contributed by atoms with Crippen LogP contribution in [0.2, 0.25) is 5.02 Å². The van der Waals surface area contributed by atoms with Gasteiger partial charge in [0.2, 0.25) is 11.8 Å². The zero-order valence-corrected chi connectivity index (χ0v) is 10.6. The summed E-state index contributed by atoms with van der Waals surface area (Å²) in [7, 11) is 0. The standard InChI is InChI=1S/C12H12ClN3O2/c1-8-15-12(18-16-8)6-11(17)14-7-9-2-4-10(13)5-3-9/h2-5H,6-7H2,1H3,(H,14,17). The second-order valence-electron chi connectivity index (χ2n) is 3.82. The number of hydrogen-bond acceptors (Lipinski definition) is 4. The number of aryl methyl sites for hydroxylation is 1. The Morgan fingerprint density at radius 2 is 2.11 bits per heavy atom. The lowest BCUT2D eigenvalue weighted by atomic mass is 10.2. The molecule has 0 fully saturated rings. The van der Waals surface area contributed by atoms with Gasteiger partial charge in [-0.05, 0) is 24.6 Å². The van der Waals surface area contributed by atoms with Crippen molar-refractivity contribution < 1.29 is 9.32 Å². The van der Waals surface area contributed by atoms with E-state index in [1.807, 2.05) is 12.1 Å². The molecule has 0 bridgehead atoms. The highest BCUT2D eigenvalue weighted by Gasteiger charge is 2.09. The number of hydrogen-bond donors (Lipinski definition) is 1. The summed E-state index contributed by atoms with van der Waals surface area (Å²) >= 11 is 5.77. The predicted molar refractivity (Wildman–Crippen MR) is 66.0 cm³/mol. The van der Waals surface area contributed by atoms with E-state index in [9.17, 15) is 4.79 Å². The van der Waals surface area contributed by atoms with Crippen molar-refractivity contribution in [2.45, 2.75) is 19.9 Å². The molecule has 2 aromatic rings. The largest absolute Gasteiger partial charge is 0.352 e. The smallest absolute Gasteiger partial charge is 0.236 e. The molecule has 0 radical (unpaired) electrons. The third-order valence-corrected chi connectivity index (χ3v) is 2.54. The Bertz CT molecular complexity index is 537. The molecule has 2 rings (SSSR count). The molecule has 0 spiro atoms. The van der Waals surface area contributed by atoms with Crippen molar-refractivity contribution in [3.63, 3.8) is 0 Å². The summed E-state index contributed by atoms with van der Waals surface area (Å²) in [5.74, 6) is 0.685. The molecule has 0 saturated heterocycles. The first kappa shape index (κ1) is 12.6. The lowest BCUT2D eigenvalue weighted by Gasteiger charge is -2.03. The average molecular weight is 266 g/mol. The van der Waals surface area contributed by atoms with Crippen molar-refractivity contribution in [2.24, 2.45) is 0 Å². The third-order valence-electron chi connectivity index (χ3n) is 2.28. The van der Waals surface area contributed by atoms with Crippen LogP contribution >= 0.6 is 11.6 Å². The zero-order valence-electron chi connectivity index (χ0n) is 9.81. The van der Waals surface area contributed by atoms with Crippen LogP contribution in [0.4, 0.5) is 0 Å². The summed E-state index contributed by atoms with van der Waals surface area (Å²) in [6.07, 6.45) is 0.0917. The first-order chi connectivity index (χ1) is 8.63. The second-order valence-corrected chi connectivity index (χ2v) is 4.25. The zero-order chi connectivity index (χ0) is 13.0. The number of rotatable bonds is 4. The van der Waals surface area contributed by atoms with Gasteiger partial charge in [-0.1, -0.05) is 28.9 Å². The van der Waals surface area contributed by atoms with Gasteiger partial charge in [-0.2, -0.15) is 4.98 Å². The molecule has 1 aromatic carbocycles. The first-order valence-corrected chi connectivity index (χ1v) is 5.81. The number of nitrogens with one attached hydrogen (secondary N) is 1. The molecular formula is C12H12ClN3O2. The van der Waals surface area contributed by atoms with Crippen molar-refractivity contribution in [1.29, 1.82) is 0 Å². The Labute approximate surface area is 109 Å². The highest BCUT2D eigenvalue weighted by atomic mass is 35.5. The van der Waals surface area contributed by atoms with Gasteiger partial charge in [0.25, 0.3) is 0 Å². The lowest BCUT2D eigenvalue weighted by molar-refractivity contribution is -0.120. The molecule has 0 aliphatic heterocycles. The van der Waals surface area contributed by atoms with Gasteiger partial charge in [0.05, 0.1) is 0 Å². The van der Waals surface area contributed by atoms with E-state index in [2.05, 4.69) is 15.5 Å². The Morgan fingerprint density at radius 1 is 1.39 bits per heavy atom. The molecule has 0 aliphatic rings. The molecule has 0 atom stereocenters. The summed E-state index contributed by atoms with van der Waals surface area (Å²) in [6.45, 7) is 2.15. The van der Waals surface area contributed by atoms with Crippen molar-refractivity contribution in [3.05, 3.63) is 46.6 Å². The molecule has 18 heavy (non-hydrogen) atoms. The minimum Gasteiger partial charge on any atom is -0.352 e.